The highest BCUT2D eigenvalue weighted by atomic mass is 35.5. The number of esters is 1. The summed E-state index contributed by atoms with van der Waals surface area (Å²) in [7, 11) is 3.36. The van der Waals surface area contributed by atoms with Gasteiger partial charge in [0, 0.05) is 18.6 Å². The van der Waals surface area contributed by atoms with E-state index in [4.69, 9.17) is 26.1 Å². The molecule has 1 aromatic heterocycles. The van der Waals surface area contributed by atoms with Crippen molar-refractivity contribution in [2.75, 3.05) is 31.7 Å². The normalized spacial score (nSPS) is 17.3. The summed E-state index contributed by atoms with van der Waals surface area (Å²) in [6.45, 7) is 2.07. The molecule has 0 spiro atoms. The van der Waals surface area contributed by atoms with Crippen LogP contribution in [0.15, 0.2) is 42.5 Å². The molecule has 4 rings (SSSR count). The van der Waals surface area contributed by atoms with E-state index in [1.165, 1.54) is 7.11 Å². The molecule has 0 bridgehead atoms. The number of hydrogen-bond acceptors (Lipinski definition) is 5. The molecule has 140 valence electrons. The molecule has 6 nitrogen and oxygen atoms in total. The predicted octanol–water partition coefficient (Wildman–Crippen LogP) is 3.59. The van der Waals surface area contributed by atoms with E-state index >= 15 is 0 Å². The number of hydrogen-bond donors (Lipinski definition) is 0. The Morgan fingerprint density at radius 3 is 2.78 bits per heavy atom. The largest absolute Gasteiger partial charge is 0.465 e. The second-order valence-electron chi connectivity index (χ2n) is 6.52. The Morgan fingerprint density at radius 2 is 2.04 bits per heavy atom. The van der Waals surface area contributed by atoms with Gasteiger partial charge in [0.25, 0.3) is 0 Å². The van der Waals surface area contributed by atoms with Crippen LogP contribution in [0.25, 0.3) is 11.0 Å². The zero-order valence-corrected chi connectivity index (χ0v) is 15.9. The highest BCUT2D eigenvalue weighted by Crippen LogP contribution is 2.29. The Labute approximate surface area is 162 Å². The first-order valence-corrected chi connectivity index (χ1v) is 9.11. The van der Waals surface area contributed by atoms with Crippen molar-refractivity contribution in [1.29, 1.82) is 0 Å². The van der Waals surface area contributed by atoms with Gasteiger partial charge in [-0.05, 0) is 35.9 Å². The van der Waals surface area contributed by atoms with Crippen molar-refractivity contribution >= 4 is 34.6 Å². The van der Waals surface area contributed by atoms with Crippen LogP contribution < -0.4 is 4.90 Å². The van der Waals surface area contributed by atoms with E-state index in [1.807, 2.05) is 41.9 Å². The maximum atomic E-state index is 11.8. The minimum atomic E-state index is -0.363. The number of rotatable bonds is 3. The van der Waals surface area contributed by atoms with Gasteiger partial charge in [0.2, 0.25) is 5.95 Å². The lowest BCUT2D eigenvalue weighted by molar-refractivity contribution is 0.0391. The number of morpholine rings is 1. The maximum absolute atomic E-state index is 11.8. The average molecular weight is 386 g/mol. The molecule has 0 aliphatic carbocycles. The number of aromatic nitrogens is 2. The molecule has 1 aliphatic rings. The van der Waals surface area contributed by atoms with Gasteiger partial charge in [0.1, 0.15) is 6.10 Å². The lowest BCUT2D eigenvalue weighted by Gasteiger charge is -2.33. The average Bonchev–Trinajstić information content (AvgIpc) is 3.04. The van der Waals surface area contributed by atoms with Crippen molar-refractivity contribution in [2.45, 2.75) is 6.10 Å². The van der Waals surface area contributed by atoms with Gasteiger partial charge in [-0.1, -0.05) is 23.7 Å². The minimum absolute atomic E-state index is 0.0403. The lowest BCUT2D eigenvalue weighted by Crippen LogP contribution is -2.39. The zero-order chi connectivity index (χ0) is 19.0. The van der Waals surface area contributed by atoms with E-state index in [2.05, 4.69) is 4.90 Å². The summed E-state index contributed by atoms with van der Waals surface area (Å²) in [4.78, 5) is 18.8. The highest BCUT2D eigenvalue weighted by Gasteiger charge is 2.25. The smallest absolute Gasteiger partial charge is 0.337 e. The molecule has 27 heavy (non-hydrogen) atoms. The standard InChI is InChI=1S/C20H20ClN3O3/c1-23-17-8-5-14(19(25)26-2)11-16(17)22-20(23)24-9-10-27-18(12-24)13-3-6-15(21)7-4-13/h3-8,11,18H,9-10,12H2,1-2H3/t18-/m1/s1. The number of methoxy groups -OCH3 is 1. The Bertz CT molecular complexity index is 984. The quantitative estimate of drug-likeness (QED) is 0.645. The maximum Gasteiger partial charge on any atom is 0.337 e. The Kier molecular flexibility index (Phi) is 4.76. The fourth-order valence-corrected chi connectivity index (χ4v) is 3.55. The zero-order valence-electron chi connectivity index (χ0n) is 15.2. The van der Waals surface area contributed by atoms with Crippen LogP contribution in [0.2, 0.25) is 5.02 Å². The number of imidazole rings is 1. The van der Waals surface area contributed by atoms with Gasteiger partial charge in [-0.25, -0.2) is 9.78 Å². The fourth-order valence-electron chi connectivity index (χ4n) is 3.42. The number of nitrogens with zero attached hydrogens (tertiary/aromatic N) is 3. The molecule has 3 aromatic rings. The van der Waals surface area contributed by atoms with Crippen molar-refractivity contribution in [1.82, 2.24) is 9.55 Å². The Hall–Kier alpha value is -2.57. The summed E-state index contributed by atoms with van der Waals surface area (Å²) in [5, 5.41) is 0.711. The first-order valence-electron chi connectivity index (χ1n) is 8.73. The van der Waals surface area contributed by atoms with Crippen molar-refractivity contribution in [2.24, 2.45) is 7.05 Å². The molecule has 0 radical (unpaired) electrons. The van der Waals surface area contributed by atoms with Gasteiger partial charge in [0.15, 0.2) is 0 Å². The van der Waals surface area contributed by atoms with Gasteiger partial charge >= 0.3 is 5.97 Å². The van der Waals surface area contributed by atoms with Crippen LogP contribution >= 0.6 is 11.6 Å². The molecule has 1 atom stereocenters. The van der Waals surface area contributed by atoms with Crippen molar-refractivity contribution in [3.8, 4) is 0 Å². The number of fused-ring (bicyclic) bond motifs is 1. The predicted molar refractivity (Wildman–Crippen MR) is 104 cm³/mol. The highest BCUT2D eigenvalue weighted by molar-refractivity contribution is 6.30. The molecular formula is C20H20ClN3O3. The van der Waals surface area contributed by atoms with Gasteiger partial charge < -0.3 is 18.9 Å². The second-order valence-corrected chi connectivity index (χ2v) is 6.96. The summed E-state index contributed by atoms with van der Waals surface area (Å²) in [6.07, 6.45) is -0.0403. The molecule has 1 fully saturated rings. The van der Waals surface area contributed by atoms with Gasteiger partial charge in [0.05, 0.1) is 36.9 Å². The summed E-state index contributed by atoms with van der Waals surface area (Å²) < 4.78 is 12.8. The summed E-state index contributed by atoms with van der Waals surface area (Å²) in [6, 6.07) is 13.2. The summed E-state index contributed by atoms with van der Waals surface area (Å²) >= 11 is 5.99. The van der Waals surface area contributed by atoms with Crippen LogP contribution in [0.1, 0.15) is 22.0 Å². The molecule has 7 heteroatoms. The van der Waals surface area contributed by atoms with E-state index < -0.39 is 0 Å². The summed E-state index contributed by atoms with van der Waals surface area (Å²) in [5.74, 6) is 0.493. The molecule has 1 aliphatic heterocycles. The van der Waals surface area contributed by atoms with E-state index in [0.29, 0.717) is 23.7 Å². The SMILES string of the molecule is COC(=O)c1ccc2c(c1)nc(N1CCO[C@@H](c3ccc(Cl)cc3)C1)n2C. The number of aryl methyl sites for hydroxylation is 1. The van der Waals surface area contributed by atoms with Crippen molar-refractivity contribution in [3.63, 3.8) is 0 Å². The lowest BCUT2D eigenvalue weighted by atomic mass is 10.1. The van der Waals surface area contributed by atoms with Gasteiger partial charge in [-0.2, -0.15) is 0 Å². The monoisotopic (exact) mass is 385 g/mol. The van der Waals surface area contributed by atoms with E-state index in [-0.39, 0.29) is 12.1 Å². The molecule has 2 heterocycles. The van der Waals surface area contributed by atoms with E-state index in [0.717, 1.165) is 29.1 Å². The third kappa shape index (κ3) is 3.38. The number of carbonyl (C=O) groups is 1. The second kappa shape index (κ2) is 7.21. The molecule has 0 N–H and O–H groups in total. The van der Waals surface area contributed by atoms with Gasteiger partial charge in [-0.15, -0.1) is 0 Å². The van der Waals surface area contributed by atoms with Crippen LogP contribution in [0.4, 0.5) is 5.95 Å². The number of carbonyl (C=O) groups excluding carboxylic acids is 1. The molecule has 0 amide bonds. The van der Waals surface area contributed by atoms with Gasteiger partial charge in [-0.3, -0.25) is 0 Å². The van der Waals surface area contributed by atoms with Crippen molar-refractivity contribution < 1.29 is 14.3 Å². The van der Waals surface area contributed by atoms with Crippen molar-refractivity contribution in [3.05, 3.63) is 58.6 Å². The van der Waals surface area contributed by atoms with E-state index in [1.54, 1.807) is 12.1 Å². The Morgan fingerprint density at radius 1 is 1.26 bits per heavy atom. The third-order valence-electron chi connectivity index (χ3n) is 4.87. The number of anilines is 1. The number of halogens is 1. The first-order chi connectivity index (χ1) is 13.1. The Balaban J connectivity index is 1.63. The fraction of sp³-hybridized carbons (Fsp3) is 0.300. The van der Waals surface area contributed by atoms with Crippen LogP contribution in [-0.4, -0.2) is 42.3 Å². The number of benzene rings is 2. The minimum Gasteiger partial charge on any atom is -0.465 e. The van der Waals surface area contributed by atoms with Crippen LogP contribution in [0, 0.1) is 0 Å². The molecule has 2 aromatic carbocycles. The summed E-state index contributed by atoms with van der Waals surface area (Å²) in [5.41, 5.74) is 3.32. The third-order valence-corrected chi connectivity index (χ3v) is 5.12. The van der Waals surface area contributed by atoms with Crippen LogP contribution in [0.3, 0.4) is 0 Å². The molecule has 0 unspecified atom stereocenters. The van der Waals surface area contributed by atoms with Crippen LogP contribution in [-0.2, 0) is 16.5 Å². The van der Waals surface area contributed by atoms with Crippen LogP contribution in [0.5, 0.6) is 0 Å². The molecule has 0 saturated carbocycles. The topological polar surface area (TPSA) is 56.6 Å². The molecular weight excluding hydrogens is 366 g/mol. The molecule has 1 saturated heterocycles. The van der Waals surface area contributed by atoms with E-state index in [9.17, 15) is 4.79 Å². The first kappa shape index (κ1) is 17.8. The number of ether oxygens (including phenoxy) is 2.